The van der Waals surface area contributed by atoms with E-state index in [1.54, 1.807) is 40.0 Å². The van der Waals surface area contributed by atoms with Crippen molar-refractivity contribution in [2.24, 2.45) is 0 Å². The minimum absolute atomic E-state index is 0.239. The van der Waals surface area contributed by atoms with Gasteiger partial charge in [-0.1, -0.05) is 12.1 Å². The van der Waals surface area contributed by atoms with Gasteiger partial charge in [0.25, 0.3) is 0 Å². The Kier molecular flexibility index (Phi) is 4.70. The molecule has 2 N–H and O–H groups in total. The molecule has 0 saturated carbocycles. The average Bonchev–Trinajstić information content (AvgIpc) is 2.45. The Hall–Kier alpha value is -2.50. The van der Waals surface area contributed by atoms with Gasteiger partial charge in [0.15, 0.2) is 0 Å². The van der Waals surface area contributed by atoms with E-state index in [2.05, 4.69) is 10.6 Å². The third-order valence-electron chi connectivity index (χ3n) is 3.26. The molecule has 1 aliphatic heterocycles. The maximum atomic E-state index is 12.4. The third kappa shape index (κ3) is 3.39. The molecule has 1 aromatic rings. The number of hydrogen-bond donors (Lipinski definition) is 2. The lowest BCUT2D eigenvalue weighted by Gasteiger charge is -2.28. The van der Waals surface area contributed by atoms with E-state index >= 15 is 0 Å². The Balaban J connectivity index is 2.43. The number of amides is 2. The van der Waals surface area contributed by atoms with Gasteiger partial charge in [0.1, 0.15) is 5.75 Å². The molecule has 0 unspecified atom stereocenters. The van der Waals surface area contributed by atoms with Crippen LogP contribution in [0, 0.1) is 0 Å². The molecule has 0 fully saturated rings. The highest BCUT2D eigenvalue weighted by atomic mass is 16.5. The van der Waals surface area contributed by atoms with E-state index in [-0.39, 0.29) is 12.1 Å². The lowest BCUT2D eigenvalue weighted by Crippen LogP contribution is -2.45. The fourth-order valence-corrected chi connectivity index (χ4v) is 2.31. The summed E-state index contributed by atoms with van der Waals surface area (Å²) < 4.78 is 10.5. The predicted octanol–water partition coefficient (Wildman–Crippen LogP) is 2.27. The minimum atomic E-state index is -0.574. The molecular formula is C16H20N2O4. The number of allylic oxidation sites excluding steroid dienone is 1. The van der Waals surface area contributed by atoms with Gasteiger partial charge < -0.3 is 20.1 Å². The van der Waals surface area contributed by atoms with E-state index in [1.807, 2.05) is 12.1 Å². The van der Waals surface area contributed by atoms with Crippen molar-refractivity contribution < 1.29 is 19.1 Å². The first kappa shape index (κ1) is 15.9. The predicted molar refractivity (Wildman–Crippen MR) is 81.3 cm³/mol. The molecule has 2 amide bonds. The van der Waals surface area contributed by atoms with E-state index < -0.39 is 12.0 Å². The smallest absolute Gasteiger partial charge is 0.338 e. The molecule has 1 aromatic carbocycles. The molecule has 0 saturated heterocycles. The second-order valence-corrected chi connectivity index (χ2v) is 5.30. The number of nitrogens with one attached hydrogen (secondary N) is 2. The average molecular weight is 304 g/mol. The molecule has 0 aromatic heterocycles. The fourth-order valence-electron chi connectivity index (χ4n) is 2.31. The summed E-state index contributed by atoms with van der Waals surface area (Å²) in [5, 5.41) is 5.36. The minimum Gasteiger partial charge on any atom is -0.497 e. The highest BCUT2D eigenvalue weighted by Crippen LogP contribution is 2.29. The summed E-state index contributed by atoms with van der Waals surface area (Å²) in [6.07, 6.45) is -0.239. The largest absolute Gasteiger partial charge is 0.497 e. The van der Waals surface area contributed by atoms with Crippen molar-refractivity contribution in [2.45, 2.75) is 32.9 Å². The van der Waals surface area contributed by atoms with Crippen molar-refractivity contribution in [1.82, 2.24) is 10.6 Å². The molecule has 0 spiro atoms. The number of urea groups is 1. The second kappa shape index (κ2) is 6.51. The number of carbonyl (C=O) groups excluding carboxylic acids is 2. The highest BCUT2D eigenvalue weighted by molar-refractivity contribution is 5.95. The molecule has 1 atom stereocenters. The molecule has 6 nitrogen and oxygen atoms in total. The summed E-state index contributed by atoms with van der Waals surface area (Å²) in [5.74, 6) is 0.201. The molecule has 2 rings (SSSR count). The summed E-state index contributed by atoms with van der Waals surface area (Å²) in [4.78, 5) is 24.1. The Morgan fingerprint density at radius 3 is 2.68 bits per heavy atom. The quantitative estimate of drug-likeness (QED) is 0.837. The lowest BCUT2D eigenvalue weighted by atomic mass is 9.95. The number of benzene rings is 1. The zero-order valence-corrected chi connectivity index (χ0v) is 13.1. The van der Waals surface area contributed by atoms with Gasteiger partial charge in [-0.25, -0.2) is 9.59 Å². The van der Waals surface area contributed by atoms with Crippen LogP contribution in [0.1, 0.15) is 32.4 Å². The number of hydrogen-bond acceptors (Lipinski definition) is 4. The Labute approximate surface area is 129 Å². The molecule has 118 valence electrons. The topological polar surface area (TPSA) is 76.7 Å². The van der Waals surface area contributed by atoms with Crippen LogP contribution in [0.2, 0.25) is 0 Å². The summed E-state index contributed by atoms with van der Waals surface area (Å²) in [6.45, 7) is 5.25. The molecule has 0 aliphatic carbocycles. The molecular weight excluding hydrogens is 284 g/mol. The maximum absolute atomic E-state index is 12.4. The Morgan fingerprint density at radius 2 is 2.05 bits per heavy atom. The summed E-state index contributed by atoms with van der Waals surface area (Å²) in [7, 11) is 1.56. The van der Waals surface area contributed by atoms with Crippen molar-refractivity contribution in [2.75, 3.05) is 7.11 Å². The fraction of sp³-hybridized carbons (Fsp3) is 0.375. The summed E-state index contributed by atoms with van der Waals surface area (Å²) >= 11 is 0. The van der Waals surface area contributed by atoms with Crippen LogP contribution in [0.3, 0.4) is 0 Å². The summed E-state index contributed by atoms with van der Waals surface area (Å²) in [5.41, 5.74) is 1.63. The van der Waals surface area contributed by atoms with Crippen LogP contribution >= 0.6 is 0 Å². The zero-order valence-electron chi connectivity index (χ0n) is 13.1. The number of ether oxygens (including phenoxy) is 2. The van der Waals surface area contributed by atoms with E-state index in [9.17, 15) is 9.59 Å². The van der Waals surface area contributed by atoms with Crippen molar-refractivity contribution in [3.8, 4) is 5.75 Å². The third-order valence-corrected chi connectivity index (χ3v) is 3.26. The van der Waals surface area contributed by atoms with Crippen LogP contribution < -0.4 is 15.4 Å². The van der Waals surface area contributed by atoms with Crippen LogP contribution in [0.5, 0.6) is 5.75 Å². The molecule has 1 heterocycles. The molecule has 1 aliphatic rings. The second-order valence-electron chi connectivity index (χ2n) is 5.30. The number of esters is 1. The maximum Gasteiger partial charge on any atom is 0.338 e. The number of carbonyl (C=O) groups is 2. The van der Waals surface area contributed by atoms with Crippen LogP contribution in [0.15, 0.2) is 35.5 Å². The van der Waals surface area contributed by atoms with Gasteiger partial charge in [-0.15, -0.1) is 0 Å². The first-order valence-electron chi connectivity index (χ1n) is 7.05. The Morgan fingerprint density at radius 1 is 1.32 bits per heavy atom. The zero-order chi connectivity index (χ0) is 16.3. The SMILES string of the molecule is COc1cccc([C@@H]2NC(=O)NC(C)=C2C(=O)OC(C)C)c1. The number of rotatable bonds is 4. The van der Waals surface area contributed by atoms with Crippen LogP contribution in [-0.4, -0.2) is 25.2 Å². The lowest BCUT2D eigenvalue weighted by molar-refractivity contribution is -0.143. The normalized spacial score (nSPS) is 17.9. The molecule has 6 heteroatoms. The first-order valence-corrected chi connectivity index (χ1v) is 7.05. The van der Waals surface area contributed by atoms with E-state index in [0.717, 1.165) is 5.56 Å². The van der Waals surface area contributed by atoms with Crippen molar-refractivity contribution in [1.29, 1.82) is 0 Å². The number of methoxy groups -OCH3 is 1. The van der Waals surface area contributed by atoms with Gasteiger partial charge in [-0.3, -0.25) is 0 Å². The van der Waals surface area contributed by atoms with Crippen LogP contribution in [0.4, 0.5) is 4.79 Å². The van der Waals surface area contributed by atoms with Gasteiger partial charge in [-0.2, -0.15) is 0 Å². The van der Waals surface area contributed by atoms with E-state index in [0.29, 0.717) is 17.0 Å². The highest BCUT2D eigenvalue weighted by Gasteiger charge is 2.32. The standard InChI is InChI=1S/C16H20N2O4/c1-9(2)22-15(19)13-10(3)17-16(20)18-14(13)11-6-5-7-12(8-11)21-4/h5-9,14H,1-4H3,(H2,17,18,20)/t14-/m0/s1. The molecule has 0 radical (unpaired) electrons. The summed E-state index contributed by atoms with van der Waals surface area (Å²) in [6, 6.07) is 6.29. The van der Waals surface area contributed by atoms with Gasteiger partial charge in [0.2, 0.25) is 0 Å². The van der Waals surface area contributed by atoms with Crippen LogP contribution in [-0.2, 0) is 9.53 Å². The van der Waals surface area contributed by atoms with Gasteiger partial charge in [0, 0.05) is 5.70 Å². The van der Waals surface area contributed by atoms with Crippen molar-refractivity contribution in [3.63, 3.8) is 0 Å². The Bertz CT molecular complexity index is 622. The van der Waals surface area contributed by atoms with E-state index in [4.69, 9.17) is 9.47 Å². The van der Waals surface area contributed by atoms with Crippen molar-refractivity contribution >= 4 is 12.0 Å². The van der Waals surface area contributed by atoms with Crippen molar-refractivity contribution in [3.05, 3.63) is 41.1 Å². The first-order chi connectivity index (χ1) is 10.4. The molecule has 22 heavy (non-hydrogen) atoms. The van der Waals surface area contributed by atoms with Gasteiger partial charge in [-0.05, 0) is 38.5 Å². The van der Waals surface area contributed by atoms with E-state index in [1.165, 1.54) is 0 Å². The monoisotopic (exact) mass is 304 g/mol. The van der Waals surface area contributed by atoms with Gasteiger partial charge in [0.05, 0.1) is 24.8 Å². The molecule has 0 bridgehead atoms. The van der Waals surface area contributed by atoms with Crippen LogP contribution in [0.25, 0.3) is 0 Å². The van der Waals surface area contributed by atoms with Gasteiger partial charge >= 0.3 is 12.0 Å².